The Morgan fingerprint density at radius 3 is 1.67 bits per heavy atom. The zero-order valence-electron chi connectivity index (χ0n) is 14.7. The molecule has 0 amide bonds. The minimum atomic E-state index is 0.670. The molecule has 0 aliphatic carbocycles. The Bertz CT molecular complexity index is 1010. The Morgan fingerprint density at radius 2 is 1.07 bits per heavy atom. The normalized spacial score (nSPS) is 10.6. The highest BCUT2D eigenvalue weighted by Gasteiger charge is 2.18. The van der Waals surface area contributed by atoms with Gasteiger partial charge in [0.15, 0.2) is 0 Å². The van der Waals surface area contributed by atoms with Gasteiger partial charge in [-0.25, -0.2) is 0 Å². The van der Waals surface area contributed by atoms with Crippen molar-refractivity contribution >= 4 is 34.4 Å². The standard InChI is InChI=1S/C24H19ClN2/c25-24-21(20-14-7-8-16-22(20)26)15-9-17-23(24)27(18-10-3-1-4-11-18)19-12-5-2-6-13-19/h1-17H,26H2. The molecule has 0 aliphatic heterocycles. The fourth-order valence-corrected chi connectivity index (χ4v) is 3.54. The molecule has 0 bridgehead atoms. The summed E-state index contributed by atoms with van der Waals surface area (Å²) in [6.45, 7) is 0. The number of benzene rings is 4. The van der Waals surface area contributed by atoms with Crippen molar-refractivity contribution in [1.82, 2.24) is 0 Å². The van der Waals surface area contributed by atoms with Gasteiger partial charge in [0.25, 0.3) is 0 Å². The summed E-state index contributed by atoms with van der Waals surface area (Å²) < 4.78 is 0. The first-order chi connectivity index (χ1) is 13.3. The van der Waals surface area contributed by atoms with Crippen molar-refractivity contribution < 1.29 is 0 Å². The minimum Gasteiger partial charge on any atom is -0.398 e. The lowest BCUT2D eigenvalue weighted by Crippen LogP contribution is -2.10. The van der Waals surface area contributed by atoms with Crippen LogP contribution in [0.1, 0.15) is 0 Å². The third kappa shape index (κ3) is 3.40. The number of nitrogen functional groups attached to an aromatic ring is 1. The van der Waals surface area contributed by atoms with Crippen LogP contribution in [0.5, 0.6) is 0 Å². The van der Waals surface area contributed by atoms with Gasteiger partial charge in [-0.05, 0) is 36.4 Å². The molecule has 4 aromatic rings. The Hall–Kier alpha value is -3.23. The lowest BCUT2D eigenvalue weighted by molar-refractivity contribution is 1.28. The predicted molar refractivity (Wildman–Crippen MR) is 116 cm³/mol. The molecule has 0 unspecified atom stereocenters. The average molecular weight is 371 g/mol. The van der Waals surface area contributed by atoms with E-state index in [4.69, 9.17) is 17.3 Å². The molecular weight excluding hydrogens is 352 g/mol. The van der Waals surface area contributed by atoms with Gasteiger partial charge in [0.2, 0.25) is 0 Å². The van der Waals surface area contributed by atoms with Crippen LogP contribution in [-0.4, -0.2) is 0 Å². The largest absolute Gasteiger partial charge is 0.398 e. The van der Waals surface area contributed by atoms with Crippen molar-refractivity contribution in [3.05, 3.63) is 108 Å². The molecule has 132 valence electrons. The molecule has 0 atom stereocenters. The third-order valence-corrected chi connectivity index (χ3v) is 4.90. The molecule has 0 fully saturated rings. The molecule has 2 nitrogen and oxygen atoms in total. The van der Waals surface area contributed by atoms with Crippen LogP contribution in [0.25, 0.3) is 11.1 Å². The summed E-state index contributed by atoms with van der Waals surface area (Å²) >= 11 is 6.91. The van der Waals surface area contributed by atoms with Crippen molar-refractivity contribution in [1.29, 1.82) is 0 Å². The molecule has 4 aromatic carbocycles. The van der Waals surface area contributed by atoms with Crippen LogP contribution in [0.2, 0.25) is 5.02 Å². The fourth-order valence-electron chi connectivity index (χ4n) is 3.22. The van der Waals surface area contributed by atoms with Crippen molar-refractivity contribution in [2.45, 2.75) is 0 Å². The molecule has 27 heavy (non-hydrogen) atoms. The van der Waals surface area contributed by atoms with Crippen LogP contribution in [0.3, 0.4) is 0 Å². The molecule has 0 spiro atoms. The highest BCUT2D eigenvalue weighted by atomic mass is 35.5. The Kier molecular flexibility index (Phi) is 4.82. The van der Waals surface area contributed by atoms with Gasteiger partial charge in [0.1, 0.15) is 0 Å². The summed E-state index contributed by atoms with van der Waals surface area (Å²) in [5, 5.41) is 0.670. The first-order valence-corrected chi connectivity index (χ1v) is 9.17. The van der Waals surface area contributed by atoms with E-state index in [1.54, 1.807) is 0 Å². The van der Waals surface area contributed by atoms with Crippen molar-refractivity contribution in [2.24, 2.45) is 0 Å². The molecular formula is C24H19ClN2. The Balaban J connectivity index is 1.92. The maximum absolute atomic E-state index is 6.91. The molecule has 3 heteroatoms. The van der Waals surface area contributed by atoms with Crippen LogP contribution in [-0.2, 0) is 0 Å². The maximum atomic E-state index is 6.91. The number of para-hydroxylation sites is 3. The molecule has 0 heterocycles. The van der Waals surface area contributed by atoms with Crippen molar-refractivity contribution in [2.75, 3.05) is 10.6 Å². The summed E-state index contributed by atoms with van der Waals surface area (Å²) in [6, 6.07) is 34.3. The number of halogens is 1. The third-order valence-electron chi connectivity index (χ3n) is 4.50. The van der Waals surface area contributed by atoms with E-state index in [9.17, 15) is 0 Å². The zero-order chi connectivity index (χ0) is 18.6. The highest BCUT2D eigenvalue weighted by molar-refractivity contribution is 6.36. The van der Waals surface area contributed by atoms with Gasteiger partial charge < -0.3 is 10.6 Å². The lowest BCUT2D eigenvalue weighted by atomic mass is 10.0. The summed E-state index contributed by atoms with van der Waals surface area (Å²) in [7, 11) is 0. The summed E-state index contributed by atoms with van der Waals surface area (Å²) in [4.78, 5) is 2.16. The van der Waals surface area contributed by atoms with Gasteiger partial charge in [-0.15, -0.1) is 0 Å². The topological polar surface area (TPSA) is 29.3 Å². The number of nitrogens with zero attached hydrogens (tertiary/aromatic N) is 1. The number of hydrogen-bond acceptors (Lipinski definition) is 2. The van der Waals surface area contributed by atoms with Crippen LogP contribution in [0, 0.1) is 0 Å². The van der Waals surface area contributed by atoms with E-state index in [2.05, 4.69) is 29.2 Å². The quantitative estimate of drug-likeness (QED) is 0.389. The number of nitrogens with two attached hydrogens (primary N) is 1. The maximum Gasteiger partial charge on any atom is 0.0725 e. The SMILES string of the molecule is Nc1ccccc1-c1cccc(N(c2ccccc2)c2ccccc2)c1Cl. The second kappa shape index (κ2) is 7.56. The summed E-state index contributed by atoms with van der Waals surface area (Å²) in [5.41, 5.74) is 11.8. The monoisotopic (exact) mass is 370 g/mol. The molecule has 0 radical (unpaired) electrons. The smallest absolute Gasteiger partial charge is 0.0725 e. The molecule has 0 saturated heterocycles. The Morgan fingerprint density at radius 1 is 0.556 bits per heavy atom. The molecule has 0 aliphatic rings. The molecule has 4 rings (SSSR count). The van der Waals surface area contributed by atoms with Crippen LogP contribution in [0.4, 0.5) is 22.7 Å². The Labute approximate surface area is 164 Å². The first kappa shape index (κ1) is 17.2. The van der Waals surface area contributed by atoms with E-state index < -0.39 is 0 Å². The summed E-state index contributed by atoms with van der Waals surface area (Å²) in [6.07, 6.45) is 0. The fraction of sp³-hybridized carbons (Fsp3) is 0. The lowest BCUT2D eigenvalue weighted by Gasteiger charge is -2.27. The van der Waals surface area contributed by atoms with Crippen LogP contribution >= 0.6 is 11.6 Å². The first-order valence-electron chi connectivity index (χ1n) is 8.79. The predicted octanol–water partition coefficient (Wildman–Crippen LogP) is 7.06. The zero-order valence-corrected chi connectivity index (χ0v) is 15.5. The van der Waals surface area contributed by atoms with Gasteiger partial charge >= 0.3 is 0 Å². The number of hydrogen-bond donors (Lipinski definition) is 1. The van der Waals surface area contributed by atoms with E-state index in [1.165, 1.54) is 0 Å². The van der Waals surface area contributed by atoms with E-state index >= 15 is 0 Å². The average Bonchev–Trinajstić information content (AvgIpc) is 2.72. The van der Waals surface area contributed by atoms with Gasteiger partial charge in [-0.1, -0.05) is 78.3 Å². The number of anilines is 4. The van der Waals surface area contributed by atoms with Gasteiger partial charge in [0, 0.05) is 28.2 Å². The van der Waals surface area contributed by atoms with Crippen molar-refractivity contribution in [3.8, 4) is 11.1 Å². The highest BCUT2D eigenvalue weighted by Crippen LogP contribution is 2.43. The van der Waals surface area contributed by atoms with E-state index in [0.29, 0.717) is 10.7 Å². The van der Waals surface area contributed by atoms with Crippen LogP contribution in [0.15, 0.2) is 103 Å². The van der Waals surface area contributed by atoms with Gasteiger partial charge in [-0.3, -0.25) is 0 Å². The second-order valence-electron chi connectivity index (χ2n) is 6.23. The summed E-state index contributed by atoms with van der Waals surface area (Å²) in [5.74, 6) is 0. The molecule has 0 saturated carbocycles. The molecule has 0 aromatic heterocycles. The van der Waals surface area contributed by atoms with Gasteiger partial charge in [-0.2, -0.15) is 0 Å². The van der Waals surface area contributed by atoms with Crippen molar-refractivity contribution in [3.63, 3.8) is 0 Å². The van der Waals surface area contributed by atoms with E-state index in [0.717, 1.165) is 28.2 Å². The number of rotatable bonds is 4. The van der Waals surface area contributed by atoms with Crippen LogP contribution < -0.4 is 10.6 Å². The van der Waals surface area contributed by atoms with E-state index in [-0.39, 0.29) is 0 Å². The molecule has 2 N–H and O–H groups in total. The van der Waals surface area contributed by atoms with Gasteiger partial charge in [0.05, 0.1) is 10.7 Å². The van der Waals surface area contributed by atoms with E-state index in [1.807, 2.05) is 78.9 Å². The second-order valence-corrected chi connectivity index (χ2v) is 6.61. The minimum absolute atomic E-state index is 0.670.